The van der Waals surface area contributed by atoms with Crippen molar-refractivity contribution in [2.24, 2.45) is 0 Å². The summed E-state index contributed by atoms with van der Waals surface area (Å²) in [6.07, 6.45) is 3.96. The molecule has 0 spiro atoms. The van der Waals surface area contributed by atoms with Gasteiger partial charge in [0.1, 0.15) is 0 Å². The van der Waals surface area contributed by atoms with E-state index in [1.807, 2.05) is 6.08 Å². The molecule has 0 saturated heterocycles. The molecule has 0 aliphatic heterocycles. The predicted octanol–water partition coefficient (Wildman–Crippen LogP) is 5.32. The Bertz CT molecular complexity index is 348. The first-order valence-electron chi connectivity index (χ1n) is 7.44. The molecular weight excluding hydrogens is 264 g/mol. The second-order valence-electron chi connectivity index (χ2n) is 7.51. The first-order valence-corrected chi connectivity index (χ1v) is 10.4. The molecule has 0 heterocycles. The van der Waals surface area contributed by atoms with Gasteiger partial charge >= 0.3 is 0 Å². The van der Waals surface area contributed by atoms with E-state index >= 15 is 0 Å². The lowest BCUT2D eigenvalue weighted by Gasteiger charge is -2.45. The third-order valence-electron chi connectivity index (χ3n) is 4.33. The monoisotopic (exact) mass is 298 g/mol. The zero-order valence-corrected chi connectivity index (χ0v) is 16.0. The molecule has 0 aromatic carbocycles. The Hall–Kier alpha value is -0.383. The van der Waals surface area contributed by atoms with Crippen molar-refractivity contribution in [3.05, 3.63) is 24.3 Å². The van der Waals surface area contributed by atoms with E-state index < -0.39 is 13.9 Å². The van der Waals surface area contributed by atoms with E-state index in [1.54, 1.807) is 0 Å². The molecule has 0 N–H and O–H groups in total. The van der Waals surface area contributed by atoms with E-state index in [2.05, 4.69) is 74.2 Å². The second-order valence-corrected chi connectivity index (χ2v) is 12.2. The van der Waals surface area contributed by atoms with Crippen LogP contribution in [-0.4, -0.2) is 26.6 Å². The Morgan fingerprint density at radius 1 is 1.20 bits per heavy atom. The van der Waals surface area contributed by atoms with Gasteiger partial charge in [0.2, 0.25) is 0 Å². The summed E-state index contributed by atoms with van der Waals surface area (Å²) in [6, 6.07) is 0. The molecule has 0 amide bonds. The molecule has 0 fully saturated rings. The Balaban J connectivity index is 4.93. The van der Waals surface area contributed by atoms with Gasteiger partial charge in [0.15, 0.2) is 8.32 Å². The third kappa shape index (κ3) is 5.55. The van der Waals surface area contributed by atoms with Gasteiger partial charge in [0.25, 0.3) is 0 Å². The Labute approximate surface area is 127 Å². The topological polar surface area (TPSA) is 18.5 Å². The van der Waals surface area contributed by atoms with Crippen LogP contribution in [0.4, 0.5) is 0 Å². The summed E-state index contributed by atoms with van der Waals surface area (Å²) in [6.45, 7) is 24.1. The summed E-state index contributed by atoms with van der Waals surface area (Å²) in [5.74, 6) is 0. The summed E-state index contributed by atoms with van der Waals surface area (Å²) in [7, 11) is -1.85. The van der Waals surface area contributed by atoms with Crippen molar-refractivity contribution in [1.82, 2.24) is 0 Å². The molecule has 0 radical (unpaired) electrons. The van der Waals surface area contributed by atoms with Crippen molar-refractivity contribution in [2.75, 3.05) is 6.61 Å². The lowest BCUT2D eigenvalue weighted by atomic mass is 10.0. The summed E-state index contributed by atoms with van der Waals surface area (Å²) in [4.78, 5) is 0. The van der Waals surface area contributed by atoms with Crippen molar-refractivity contribution in [3.63, 3.8) is 0 Å². The average molecular weight is 299 g/mol. The van der Waals surface area contributed by atoms with Crippen LogP contribution >= 0.6 is 0 Å². The molecule has 0 bridgehead atoms. The molecule has 0 aromatic heterocycles. The normalized spacial score (nSPS) is 17.2. The maximum atomic E-state index is 6.53. The van der Waals surface area contributed by atoms with Gasteiger partial charge in [-0.25, -0.2) is 0 Å². The van der Waals surface area contributed by atoms with E-state index in [9.17, 15) is 0 Å². The van der Waals surface area contributed by atoms with Crippen molar-refractivity contribution in [2.45, 2.75) is 78.3 Å². The number of ether oxygens (including phenoxy) is 1. The molecule has 118 valence electrons. The van der Waals surface area contributed by atoms with Crippen LogP contribution < -0.4 is 0 Å². The van der Waals surface area contributed by atoms with E-state index in [1.165, 1.54) is 5.57 Å². The molecule has 0 aliphatic carbocycles. The third-order valence-corrected chi connectivity index (χ3v) is 8.89. The minimum atomic E-state index is -1.85. The smallest absolute Gasteiger partial charge is 0.193 e. The zero-order valence-electron chi connectivity index (χ0n) is 15.0. The van der Waals surface area contributed by atoms with E-state index in [-0.39, 0.29) is 11.1 Å². The van der Waals surface area contributed by atoms with Crippen molar-refractivity contribution >= 4 is 8.32 Å². The summed E-state index contributed by atoms with van der Waals surface area (Å²) < 4.78 is 12.5. The van der Waals surface area contributed by atoms with Crippen molar-refractivity contribution in [3.8, 4) is 0 Å². The van der Waals surface area contributed by atoms with Crippen LogP contribution in [0.5, 0.6) is 0 Å². The first kappa shape index (κ1) is 19.6. The maximum absolute atomic E-state index is 6.53. The van der Waals surface area contributed by atoms with Crippen LogP contribution in [0.1, 0.15) is 48.5 Å². The van der Waals surface area contributed by atoms with Gasteiger partial charge in [-0.15, -0.1) is 6.58 Å². The van der Waals surface area contributed by atoms with Gasteiger partial charge in [0.05, 0.1) is 18.3 Å². The highest BCUT2D eigenvalue weighted by molar-refractivity contribution is 6.74. The quantitative estimate of drug-likeness (QED) is 0.467. The highest BCUT2D eigenvalue weighted by atomic mass is 28.4. The number of allylic oxidation sites excluding steroid dienone is 1. The van der Waals surface area contributed by atoms with Gasteiger partial charge in [-0.1, -0.05) is 38.5 Å². The molecule has 0 rings (SSSR count). The largest absolute Gasteiger partial charge is 0.406 e. The molecule has 20 heavy (non-hydrogen) atoms. The fourth-order valence-corrected chi connectivity index (χ4v) is 3.17. The highest BCUT2D eigenvalue weighted by Gasteiger charge is 2.44. The molecular formula is C17H34O2Si. The first-order chi connectivity index (χ1) is 8.85. The van der Waals surface area contributed by atoms with Gasteiger partial charge in [-0.05, 0) is 45.8 Å². The minimum Gasteiger partial charge on any atom is -0.406 e. The Morgan fingerprint density at radius 2 is 1.70 bits per heavy atom. The fourth-order valence-electron chi connectivity index (χ4n) is 1.52. The summed E-state index contributed by atoms with van der Waals surface area (Å²) in [5, 5.41) is 0.177. The minimum absolute atomic E-state index is 0.0234. The van der Waals surface area contributed by atoms with Gasteiger partial charge in [-0.3, -0.25) is 0 Å². The molecule has 2 nitrogen and oxygen atoms in total. The Morgan fingerprint density at radius 3 is 2.05 bits per heavy atom. The van der Waals surface area contributed by atoms with Crippen LogP contribution in [0.2, 0.25) is 18.1 Å². The maximum Gasteiger partial charge on any atom is 0.193 e. The molecule has 0 aliphatic rings. The number of rotatable bonds is 7. The van der Waals surface area contributed by atoms with Crippen LogP contribution in [0, 0.1) is 0 Å². The fraction of sp³-hybridized carbons (Fsp3) is 0.765. The number of hydrogen-bond acceptors (Lipinski definition) is 2. The summed E-state index contributed by atoms with van der Waals surface area (Å²) in [5.41, 5.74) is 0.821. The lowest BCUT2D eigenvalue weighted by molar-refractivity contribution is -0.0442. The van der Waals surface area contributed by atoms with Gasteiger partial charge < -0.3 is 9.16 Å². The summed E-state index contributed by atoms with van der Waals surface area (Å²) >= 11 is 0. The SMILES string of the molecule is C=C[C@](C)(O[Si](C)(C)C(C)(C)C)[C@H](C)OCC=C(C)C. The highest BCUT2D eigenvalue weighted by Crippen LogP contribution is 2.40. The van der Waals surface area contributed by atoms with Crippen molar-refractivity contribution < 1.29 is 9.16 Å². The van der Waals surface area contributed by atoms with E-state index in [4.69, 9.17) is 9.16 Å². The zero-order chi connectivity index (χ0) is 16.2. The van der Waals surface area contributed by atoms with Gasteiger partial charge in [-0.2, -0.15) is 0 Å². The van der Waals surface area contributed by atoms with E-state index in [0.29, 0.717) is 6.61 Å². The second kappa shape index (κ2) is 7.06. The predicted molar refractivity (Wildman–Crippen MR) is 91.7 cm³/mol. The van der Waals surface area contributed by atoms with Crippen LogP contribution in [0.3, 0.4) is 0 Å². The molecule has 0 unspecified atom stereocenters. The average Bonchev–Trinajstić information content (AvgIpc) is 2.26. The van der Waals surface area contributed by atoms with Crippen molar-refractivity contribution in [1.29, 1.82) is 0 Å². The molecule has 2 atom stereocenters. The molecule has 0 saturated carbocycles. The lowest BCUT2D eigenvalue weighted by Crippen LogP contribution is -2.52. The standard InChI is InChI=1S/C17H34O2Si/c1-11-17(8,15(4)18-13-12-14(2)3)19-20(9,10)16(5,6)7/h11-12,15H,1,13H2,2-10H3/t15-,17-/m0/s1. The number of hydrogen-bond donors (Lipinski definition) is 0. The van der Waals surface area contributed by atoms with E-state index in [0.717, 1.165) is 0 Å². The molecule has 3 heteroatoms. The van der Waals surface area contributed by atoms with Crippen LogP contribution in [-0.2, 0) is 9.16 Å². The van der Waals surface area contributed by atoms with Gasteiger partial charge in [0, 0.05) is 0 Å². The Kier molecular flexibility index (Phi) is 6.92. The molecule has 0 aromatic rings. The van der Waals surface area contributed by atoms with Crippen LogP contribution in [0.25, 0.3) is 0 Å². The van der Waals surface area contributed by atoms with Crippen LogP contribution in [0.15, 0.2) is 24.3 Å².